The van der Waals surface area contributed by atoms with Gasteiger partial charge in [0, 0.05) is 5.69 Å². The quantitative estimate of drug-likeness (QED) is 0.748. The molecule has 0 radical (unpaired) electrons. The molecule has 0 aliphatic rings. The molecule has 1 heterocycles. The summed E-state index contributed by atoms with van der Waals surface area (Å²) in [6.45, 7) is 4.38. The molecule has 1 aromatic heterocycles. The second kappa shape index (κ2) is 7.57. The molecule has 0 saturated carbocycles. The van der Waals surface area contributed by atoms with Gasteiger partial charge in [0.2, 0.25) is 5.91 Å². The highest BCUT2D eigenvalue weighted by molar-refractivity contribution is 5.90. The molecule has 0 aliphatic heterocycles. The number of amides is 1. The minimum Gasteiger partial charge on any atom is -0.493 e. The molecule has 0 bridgehead atoms. The maximum Gasteiger partial charge on any atom is 0.227 e. The van der Waals surface area contributed by atoms with Crippen LogP contribution in [0.15, 0.2) is 48.8 Å². The van der Waals surface area contributed by atoms with Crippen LogP contribution in [0.25, 0.3) is 5.69 Å². The fourth-order valence-electron chi connectivity index (χ4n) is 2.33. The van der Waals surface area contributed by atoms with Crippen LogP contribution in [0, 0.1) is 13.8 Å². The lowest BCUT2D eigenvalue weighted by Crippen LogP contribution is -2.15. The number of ether oxygens (including phenoxy) is 1. The van der Waals surface area contributed by atoms with E-state index in [0.717, 1.165) is 17.0 Å². The van der Waals surface area contributed by atoms with Crippen LogP contribution in [0.1, 0.15) is 17.5 Å². The summed E-state index contributed by atoms with van der Waals surface area (Å²) >= 11 is 0. The minimum atomic E-state index is -0.0968. The summed E-state index contributed by atoms with van der Waals surface area (Å²) in [5, 5.41) is 13.8. The zero-order chi connectivity index (χ0) is 17.6. The summed E-state index contributed by atoms with van der Waals surface area (Å²) in [5.74, 6) is 0.721. The Morgan fingerprint density at radius 1 is 1.16 bits per heavy atom. The van der Waals surface area contributed by atoms with Gasteiger partial charge in [-0.25, -0.2) is 4.68 Å². The van der Waals surface area contributed by atoms with Gasteiger partial charge < -0.3 is 10.1 Å². The van der Waals surface area contributed by atoms with Gasteiger partial charge in [-0.2, -0.15) is 0 Å². The first-order valence-electron chi connectivity index (χ1n) is 7.96. The van der Waals surface area contributed by atoms with Gasteiger partial charge in [-0.3, -0.25) is 4.79 Å². The minimum absolute atomic E-state index is 0.0968. The van der Waals surface area contributed by atoms with E-state index in [0.29, 0.717) is 12.3 Å². The first kappa shape index (κ1) is 16.6. The van der Waals surface area contributed by atoms with Crippen molar-refractivity contribution >= 4 is 11.6 Å². The fourth-order valence-corrected chi connectivity index (χ4v) is 2.33. The number of anilines is 1. The van der Waals surface area contributed by atoms with Crippen molar-refractivity contribution in [2.24, 2.45) is 0 Å². The average Bonchev–Trinajstić information content (AvgIpc) is 3.14. The van der Waals surface area contributed by atoms with Crippen molar-refractivity contribution in [3.63, 3.8) is 0 Å². The molecule has 7 heteroatoms. The number of tetrazole rings is 1. The molecule has 0 spiro atoms. The Morgan fingerprint density at radius 3 is 2.68 bits per heavy atom. The SMILES string of the molecule is Cc1cccc(OCCC(=O)Nc2ccc(-n3cnnn3)cc2)c1C. The van der Waals surface area contributed by atoms with E-state index in [1.807, 2.05) is 44.2 Å². The number of benzene rings is 2. The van der Waals surface area contributed by atoms with E-state index >= 15 is 0 Å². The van der Waals surface area contributed by atoms with Crippen molar-refractivity contribution in [2.75, 3.05) is 11.9 Å². The van der Waals surface area contributed by atoms with E-state index in [9.17, 15) is 4.79 Å². The van der Waals surface area contributed by atoms with E-state index in [1.54, 1.807) is 16.8 Å². The van der Waals surface area contributed by atoms with Crippen molar-refractivity contribution < 1.29 is 9.53 Å². The first-order valence-corrected chi connectivity index (χ1v) is 7.96. The van der Waals surface area contributed by atoms with Crippen molar-refractivity contribution in [1.29, 1.82) is 0 Å². The molecule has 0 saturated heterocycles. The zero-order valence-electron chi connectivity index (χ0n) is 14.1. The fraction of sp³-hybridized carbons (Fsp3) is 0.222. The van der Waals surface area contributed by atoms with Crippen molar-refractivity contribution in [3.8, 4) is 11.4 Å². The Bertz CT molecular complexity index is 844. The summed E-state index contributed by atoms with van der Waals surface area (Å²) < 4.78 is 7.25. The van der Waals surface area contributed by atoms with E-state index in [1.165, 1.54) is 11.9 Å². The van der Waals surface area contributed by atoms with Crippen LogP contribution in [0.4, 0.5) is 5.69 Å². The molecule has 3 rings (SSSR count). The maximum atomic E-state index is 12.0. The maximum absolute atomic E-state index is 12.0. The summed E-state index contributed by atoms with van der Waals surface area (Å²) in [6.07, 6.45) is 1.79. The molecule has 0 atom stereocenters. The highest BCUT2D eigenvalue weighted by Crippen LogP contribution is 2.20. The van der Waals surface area contributed by atoms with Gasteiger partial charge in [0.05, 0.1) is 18.7 Å². The highest BCUT2D eigenvalue weighted by Gasteiger charge is 2.06. The second-order valence-corrected chi connectivity index (χ2v) is 5.65. The Hall–Kier alpha value is -3.22. The lowest BCUT2D eigenvalue weighted by molar-refractivity contribution is -0.116. The number of aromatic nitrogens is 4. The van der Waals surface area contributed by atoms with Crippen LogP contribution < -0.4 is 10.1 Å². The normalized spacial score (nSPS) is 10.5. The van der Waals surface area contributed by atoms with Gasteiger partial charge in [-0.05, 0) is 65.7 Å². The molecule has 0 fully saturated rings. The molecular formula is C18H19N5O2. The number of rotatable bonds is 6. The largest absolute Gasteiger partial charge is 0.493 e. The van der Waals surface area contributed by atoms with Gasteiger partial charge in [-0.1, -0.05) is 12.1 Å². The van der Waals surface area contributed by atoms with Crippen LogP contribution in [0.2, 0.25) is 0 Å². The third-order valence-corrected chi connectivity index (χ3v) is 3.91. The smallest absolute Gasteiger partial charge is 0.227 e. The van der Waals surface area contributed by atoms with E-state index in [2.05, 4.69) is 20.8 Å². The number of nitrogens with zero attached hydrogens (tertiary/aromatic N) is 4. The van der Waals surface area contributed by atoms with Gasteiger partial charge in [-0.15, -0.1) is 5.10 Å². The first-order chi connectivity index (χ1) is 12.1. The van der Waals surface area contributed by atoms with Crippen LogP contribution in [0.5, 0.6) is 5.75 Å². The number of hydrogen-bond acceptors (Lipinski definition) is 5. The lowest BCUT2D eigenvalue weighted by atomic mass is 10.1. The lowest BCUT2D eigenvalue weighted by Gasteiger charge is -2.11. The van der Waals surface area contributed by atoms with Crippen molar-refractivity contribution in [2.45, 2.75) is 20.3 Å². The number of aryl methyl sites for hydroxylation is 1. The topological polar surface area (TPSA) is 81.9 Å². The summed E-state index contributed by atoms with van der Waals surface area (Å²) in [4.78, 5) is 12.0. The summed E-state index contributed by atoms with van der Waals surface area (Å²) in [5.41, 5.74) is 3.81. The van der Waals surface area contributed by atoms with Gasteiger partial charge in [0.15, 0.2) is 0 Å². The van der Waals surface area contributed by atoms with Gasteiger partial charge >= 0.3 is 0 Å². The van der Waals surface area contributed by atoms with Crippen LogP contribution in [-0.2, 0) is 4.79 Å². The van der Waals surface area contributed by atoms with Crippen LogP contribution in [-0.4, -0.2) is 32.7 Å². The molecule has 1 amide bonds. The predicted molar refractivity (Wildman–Crippen MR) is 93.8 cm³/mol. The molecule has 25 heavy (non-hydrogen) atoms. The Morgan fingerprint density at radius 2 is 1.96 bits per heavy atom. The van der Waals surface area contributed by atoms with Gasteiger partial charge in [0.25, 0.3) is 0 Å². The molecule has 0 aliphatic carbocycles. The Kier molecular flexibility index (Phi) is 5.03. The summed E-state index contributed by atoms with van der Waals surface area (Å²) in [6, 6.07) is 13.2. The van der Waals surface area contributed by atoms with Crippen LogP contribution in [0.3, 0.4) is 0 Å². The number of carbonyl (C=O) groups is 1. The third-order valence-electron chi connectivity index (χ3n) is 3.91. The standard InChI is InChI=1S/C18H19N5O2/c1-13-4-3-5-17(14(13)2)25-11-10-18(24)20-15-6-8-16(9-7-15)23-12-19-21-22-23/h3-9,12H,10-11H2,1-2H3,(H,20,24). The Balaban J connectivity index is 1.50. The Labute approximate surface area is 145 Å². The molecule has 0 unspecified atom stereocenters. The van der Waals surface area contributed by atoms with Crippen molar-refractivity contribution in [1.82, 2.24) is 20.2 Å². The zero-order valence-corrected chi connectivity index (χ0v) is 14.1. The van der Waals surface area contributed by atoms with Crippen molar-refractivity contribution in [3.05, 3.63) is 59.9 Å². The van der Waals surface area contributed by atoms with E-state index < -0.39 is 0 Å². The van der Waals surface area contributed by atoms with E-state index in [-0.39, 0.29) is 12.3 Å². The number of hydrogen-bond donors (Lipinski definition) is 1. The van der Waals surface area contributed by atoms with E-state index in [4.69, 9.17) is 4.74 Å². The van der Waals surface area contributed by atoms with Crippen LogP contribution >= 0.6 is 0 Å². The number of nitrogens with one attached hydrogen (secondary N) is 1. The molecule has 7 nitrogen and oxygen atoms in total. The summed E-state index contributed by atoms with van der Waals surface area (Å²) in [7, 11) is 0. The molecular weight excluding hydrogens is 318 g/mol. The molecule has 128 valence electrons. The second-order valence-electron chi connectivity index (χ2n) is 5.65. The monoisotopic (exact) mass is 337 g/mol. The molecule has 2 aromatic carbocycles. The third kappa shape index (κ3) is 4.20. The average molecular weight is 337 g/mol. The molecule has 1 N–H and O–H groups in total. The predicted octanol–water partition coefficient (Wildman–Crippen LogP) is 2.69. The molecule has 3 aromatic rings. The highest BCUT2D eigenvalue weighted by atomic mass is 16.5. The number of carbonyl (C=O) groups excluding carboxylic acids is 1. The van der Waals surface area contributed by atoms with Gasteiger partial charge in [0.1, 0.15) is 12.1 Å².